The number of hydrogen-bond donors (Lipinski definition) is 1. The first kappa shape index (κ1) is 17.5. The number of carbonyl (C=O) groups excluding carboxylic acids is 1. The first-order valence-electron chi connectivity index (χ1n) is 7.99. The zero-order chi connectivity index (χ0) is 16.2. The van der Waals surface area contributed by atoms with Crippen molar-refractivity contribution in [1.29, 1.82) is 0 Å². The molecule has 0 aromatic carbocycles. The molecule has 2 atom stereocenters. The van der Waals surface area contributed by atoms with Crippen molar-refractivity contribution >= 4 is 24.0 Å². The number of fused-ring (bicyclic) bond motifs is 2. The molecule has 3 saturated heterocycles. The summed E-state index contributed by atoms with van der Waals surface area (Å²) in [5, 5.41) is 3.53. The van der Waals surface area contributed by atoms with Crippen LogP contribution in [0.3, 0.4) is 0 Å². The molecule has 4 rings (SSSR count). The molecule has 2 bridgehead atoms. The highest BCUT2D eigenvalue weighted by atomic mass is 35.5. The molecule has 3 fully saturated rings. The van der Waals surface area contributed by atoms with E-state index in [2.05, 4.69) is 10.3 Å². The zero-order valence-corrected chi connectivity index (χ0v) is 13.8. The minimum atomic E-state index is -4.46. The van der Waals surface area contributed by atoms with Crippen molar-refractivity contribution in [3.8, 4) is 0 Å². The number of piperidine rings is 1. The fourth-order valence-corrected chi connectivity index (χ4v) is 4.41. The quantitative estimate of drug-likeness (QED) is 0.835. The van der Waals surface area contributed by atoms with Gasteiger partial charge in [-0.3, -0.25) is 4.79 Å². The van der Waals surface area contributed by atoms with Crippen molar-refractivity contribution in [2.24, 2.45) is 5.41 Å². The Hall–Kier alpha value is -1.34. The number of alkyl halides is 3. The first-order valence-corrected chi connectivity index (χ1v) is 7.99. The Balaban J connectivity index is 0.00000169. The number of halogens is 4. The number of nitrogens with one attached hydrogen (secondary N) is 1. The van der Waals surface area contributed by atoms with E-state index >= 15 is 0 Å². The van der Waals surface area contributed by atoms with E-state index in [0.717, 1.165) is 44.4 Å². The number of hydrogen-bond acceptors (Lipinski definition) is 3. The van der Waals surface area contributed by atoms with Crippen LogP contribution in [0, 0.1) is 5.41 Å². The molecule has 1 aromatic heterocycles. The summed E-state index contributed by atoms with van der Waals surface area (Å²) < 4.78 is 37.8. The summed E-state index contributed by atoms with van der Waals surface area (Å²) in [6.45, 7) is 0.561. The second-order valence-corrected chi connectivity index (χ2v) is 6.93. The lowest BCUT2D eigenvalue weighted by molar-refractivity contribution is -0.141. The minimum Gasteiger partial charge on any atom is -0.311 e. The Morgan fingerprint density at radius 1 is 1.21 bits per heavy atom. The molecule has 1 amide bonds. The number of carbonyl (C=O) groups is 1. The third-order valence-electron chi connectivity index (χ3n) is 5.47. The summed E-state index contributed by atoms with van der Waals surface area (Å²) in [6, 6.07) is 3.11. The van der Waals surface area contributed by atoms with Crippen molar-refractivity contribution in [2.75, 3.05) is 11.4 Å². The predicted octanol–water partition coefficient (Wildman–Crippen LogP) is 3.16. The van der Waals surface area contributed by atoms with Crippen molar-refractivity contribution in [2.45, 2.75) is 50.4 Å². The monoisotopic (exact) mass is 361 g/mol. The van der Waals surface area contributed by atoms with Gasteiger partial charge in [0.2, 0.25) is 5.91 Å². The summed E-state index contributed by atoms with van der Waals surface area (Å²) in [7, 11) is 0. The highest BCUT2D eigenvalue weighted by molar-refractivity contribution is 6.00. The van der Waals surface area contributed by atoms with E-state index in [9.17, 15) is 18.0 Å². The average Bonchev–Trinajstić information content (AvgIpc) is 3.00. The number of nitrogens with zero attached hydrogens (tertiary/aromatic N) is 2. The molecule has 3 aliphatic rings. The van der Waals surface area contributed by atoms with Gasteiger partial charge in [0.15, 0.2) is 0 Å². The van der Waals surface area contributed by atoms with E-state index < -0.39 is 11.9 Å². The van der Waals surface area contributed by atoms with Crippen LogP contribution in [0.15, 0.2) is 18.3 Å². The molecule has 4 nitrogen and oxygen atoms in total. The molecule has 1 spiro atoms. The molecule has 8 heteroatoms. The Kier molecular flexibility index (Phi) is 4.28. The number of amides is 1. The highest BCUT2D eigenvalue weighted by Gasteiger charge is 2.53. The van der Waals surface area contributed by atoms with E-state index in [-0.39, 0.29) is 23.7 Å². The third-order valence-corrected chi connectivity index (χ3v) is 5.47. The number of pyridine rings is 1. The van der Waals surface area contributed by atoms with Crippen molar-refractivity contribution in [1.82, 2.24) is 10.3 Å². The van der Waals surface area contributed by atoms with Gasteiger partial charge in [0, 0.05) is 18.6 Å². The Morgan fingerprint density at radius 3 is 2.42 bits per heavy atom. The van der Waals surface area contributed by atoms with E-state index in [1.807, 2.05) is 0 Å². The molecule has 0 radical (unpaired) electrons. The van der Waals surface area contributed by atoms with Gasteiger partial charge in [-0.2, -0.15) is 13.2 Å². The second-order valence-electron chi connectivity index (χ2n) is 6.93. The van der Waals surface area contributed by atoms with Crippen LogP contribution in [0.2, 0.25) is 0 Å². The van der Waals surface area contributed by atoms with Crippen LogP contribution in [0.4, 0.5) is 18.9 Å². The first-order chi connectivity index (χ1) is 10.9. The lowest BCUT2D eigenvalue weighted by Gasteiger charge is -2.36. The fraction of sp³-hybridized carbons (Fsp3) is 0.625. The van der Waals surface area contributed by atoms with Crippen LogP contribution in [0.1, 0.15) is 37.8 Å². The number of aromatic nitrogens is 1. The largest absolute Gasteiger partial charge is 0.433 e. The minimum absolute atomic E-state index is 0. The zero-order valence-electron chi connectivity index (χ0n) is 13.0. The Labute approximate surface area is 144 Å². The Bertz CT molecular complexity index is 622. The standard InChI is InChI=1S/C16H18F3N3O.ClH/c17-16(18,19)13-4-3-12(9-20-13)22-6-5-15(14(22)23)7-10-1-2-11(8-15)21-10;/h3-4,9-11,21H,1-2,5-8H2;1H. The number of rotatable bonds is 1. The maximum atomic E-state index is 12.9. The van der Waals surface area contributed by atoms with Gasteiger partial charge >= 0.3 is 6.18 Å². The van der Waals surface area contributed by atoms with Gasteiger partial charge in [-0.15, -0.1) is 12.4 Å². The summed E-state index contributed by atoms with van der Waals surface area (Å²) in [4.78, 5) is 18.0. The van der Waals surface area contributed by atoms with Gasteiger partial charge < -0.3 is 10.2 Å². The van der Waals surface area contributed by atoms with E-state index in [0.29, 0.717) is 24.3 Å². The molecule has 2 unspecified atom stereocenters. The van der Waals surface area contributed by atoms with Crippen LogP contribution in [-0.4, -0.2) is 29.5 Å². The van der Waals surface area contributed by atoms with Gasteiger partial charge in [-0.05, 0) is 44.2 Å². The second kappa shape index (κ2) is 5.88. The molecular formula is C16H19ClF3N3O. The summed E-state index contributed by atoms with van der Waals surface area (Å²) in [5.74, 6) is 0.0532. The third kappa shape index (κ3) is 2.77. The topological polar surface area (TPSA) is 45.2 Å². The van der Waals surface area contributed by atoms with Gasteiger partial charge in [0.25, 0.3) is 0 Å². The maximum Gasteiger partial charge on any atom is 0.433 e. The van der Waals surface area contributed by atoms with Crippen LogP contribution in [-0.2, 0) is 11.0 Å². The van der Waals surface area contributed by atoms with Crippen LogP contribution in [0.5, 0.6) is 0 Å². The molecule has 132 valence electrons. The molecular weight excluding hydrogens is 343 g/mol. The molecule has 4 heterocycles. The van der Waals surface area contributed by atoms with Gasteiger partial charge in [0.05, 0.1) is 17.3 Å². The molecule has 0 saturated carbocycles. The summed E-state index contributed by atoms with van der Waals surface area (Å²) in [5.41, 5.74) is -0.798. The van der Waals surface area contributed by atoms with Gasteiger partial charge in [0.1, 0.15) is 5.69 Å². The van der Waals surface area contributed by atoms with Crippen molar-refractivity contribution < 1.29 is 18.0 Å². The molecule has 24 heavy (non-hydrogen) atoms. The van der Waals surface area contributed by atoms with Crippen LogP contribution >= 0.6 is 12.4 Å². The lowest BCUT2D eigenvalue weighted by Crippen LogP contribution is -2.48. The highest BCUT2D eigenvalue weighted by Crippen LogP contribution is 2.48. The van der Waals surface area contributed by atoms with Crippen molar-refractivity contribution in [3.63, 3.8) is 0 Å². The van der Waals surface area contributed by atoms with E-state index in [1.54, 1.807) is 4.90 Å². The molecule has 1 N–H and O–H groups in total. The average molecular weight is 362 g/mol. The SMILES string of the molecule is Cl.O=C1N(c2ccc(C(F)(F)F)nc2)CCC12CC1CCC(C2)N1. The lowest BCUT2D eigenvalue weighted by atomic mass is 9.74. The van der Waals surface area contributed by atoms with Crippen LogP contribution in [0.25, 0.3) is 0 Å². The van der Waals surface area contributed by atoms with Crippen molar-refractivity contribution in [3.05, 3.63) is 24.0 Å². The molecule has 0 aliphatic carbocycles. The normalized spacial score (nSPS) is 32.3. The molecule has 1 aromatic rings. The van der Waals surface area contributed by atoms with Crippen LogP contribution < -0.4 is 10.2 Å². The van der Waals surface area contributed by atoms with E-state index in [1.165, 1.54) is 6.07 Å². The van der Waals surface area contributed by atoms with E-state index in [4.69, 9.17) is 0 Å². The van der Waals surface area contributed by atoms with Gasteiger partial charge in [-0.25, -0.2) is 4.98 Å². The number of anilines is 1. The smallest absolute Gasteiger partial charge is 0.311 e. The Morgan fingerprint density at radius 2 is 1.88 bits per heavy atom. The summed E-state index contributed by atoms with van der Waals surface area (Å²) in [6.07, 6.45) is 1.39. The summed E-state index contributed by atoms with van der Waals surface area (Å²) >= 11 is 0. The molecule has 3 aliphatic heterocycles. The maximum absolute atomic E-state index is 12.9. The predicted molar refractivity (Wildman–Crippen MR) is 85.1 cm³/mol. The fourth-order valence-electron chi connectivity index (χ4n) is 4.41. The van der Waals surface area contributed by atoms with Gasteiger partial charge in [-0.1, -0.05) is 0 Å².